The van der Waals surface area contributed by atoms with E-state index in [0.717, 1.165) is 17.9 Å². The second-order valence-electron chi connectivity index (χ2n) is 6.14. The lowest BCUT2D eigenvalue weighted by Crippen LogP contribution is -2.34. The molecule has 0 atom stereocenters. The van der Waals surface area contributed by atoms with Gasteiger partial charge in [-0.15, -0.1) is 13.2 Å². The fourth-order valence-corrected chi connectivity index (χ4v) is 2.37. The van der Waals surface area contributed by atoms with E-state index in [0.29, 0.717) is 18.7 Å². The highest BCUT2D eigenvalue weighted by Gasteiger charge is 2.30. The molecule has 29 heavy (non-hydrogen) atoms. The minimum Gasteiger partial charge on any atom is -0.494 e. The Bertz CT molecular complexity index is 796. The zero-order chi connectivity index (χ0) is 21.3. The van der Waals surface area contributed by atoms with Gasteiger partial charge in [0.15, 0.2) is 0 Å². The van der Waals surface area contributed by atoms with Crippen LogP contribution in [0.1, 0.15) is 12.8 Å². The molecule has 0 radical (unpaired) electrons. The van der Waals surface area contributed by atoms with Crippen LogP contribution in [0.5, 0.6) is 11.5 Å². The standard InChI is InChI=1S/C20H21F3N2O4/c1-25(19(27)8-5-13-28-16-6-3-2-4-7-16)14-18(26)24-15-9-11-17(12-10-15)29-20(21,22)23/h2-4,6-7,9-12H,5,8,13-14H2,1H3,(H,24,26). The van der Waals surface area contributed by atoms with Crippen LogP contribution in [-0.2, 0) is 9.59 Å². The van der Waals surface area contributed by atoms with Crippen molar-refractivity contribution < 1.29 is 32.2 Å². The number of carbonyl (C=O) groups excluding carboxylic acids is 2. The second kappa shape index (κ2) is 10.4. The number of anilines is 1. The number of para-hydroxylation sites is 1. The Labute approximate surface area is 166 Å². The van der Waals surface area contributed by atoms with E-state index in [1.54, 1.807) is 0 Å². The Morgan fingerprint density at radius 1 is 1.00 bits per heavy atom. The number of halogens is 3. The average molecular weight is 410 g/mol. The predicted octanol–water partition coefficient (Wildman–Crippen LogP) is 3.84. The smallest absolute Gasteiger partial charge is 0.494 e. The van der Waals surface area contributed by atoms with Crippen LogP contribution in [0.4, 0.5) is 18.9 Å². The predicted molar refractivity (Wildman–Crippen MR) is 101 cm³/mol. The van der Waals surface area contributed by atoms with Gasteiger partial charge in [0, 0.05) is 19.2 Å². The number of carbonyl (C=O) groups is 2. The van der Waals surface area contributed by atoms with Crippen LogP contribution in [0.3, 0.4) is 0 Å². The van der Waals surface area contributed by atoms with Crippen LogP contribution in [0.15, 0.2) is 54.6 Å². The lowest BCUT2D eigenvalue weighted by molar-refractivity contribution is -0.274. The average Bonchev–Trinajstić information content (AvgIpc) is 2.66. The first kappa shape index (κ1) is 22.1. The first-order chi connectivity index (χ1) is 13.7. The number of amides is 2. The van der Waals surface area contributed by atoms with Crippen molar-refractivity contribution in [2.75, 3.05) is 25.5 Å². The fraction of sp³-hybridized carbons (Fsp3) is 0.300. The molecule has 0 bridgehead atoms. The summed E-state index contributed by atoms with van der Waals surface area (Å²) in [6.45, 7) is 0.196. The van der Waals surface area contributed by atoms with E-state index in [9.17, 15) is 22.8 Å². The molecule has 0 aromatic heterocycles. The molecule has 156 valence electrons. The van der Waals surface area contributed by atoms with Gasteiger partial charge in [-0.25, -0.2) is 0 Å². The van der Waals surface area contributed by atoms with Gasteiger partial charge >= 0.3 is 6.36 Å². The van der Waals surface area contributed by atoms with Gasteiger partial charge in [-0.05, 0) is 42.8 Å². The normalized spacial score (nSPS) is 10.9. The van der Waals surface area contributed by atoms with Gasteiger partial charge in [-0.3, -0.25) is 9.59 Å². The molecule has 9 heteroatoms. The fourth-order valence-electron chi connectivity index (χ4n) is 2.37. The highest BCUT2D eigenvalue weighted by atomic mass is 19.4. The lowest BCUT2D eigenvalue weighted by Gasteiger charge is -2.17. The molecule has 1 N–H and O–H groups in total. The molecule has 2 amide bonds. The zero-order valence-electron chi connectivity index (χ0n) is 15.7. The number of hydrogen-bond acceptors (Lipinski definition) is 4. The summed E-state index contributed by atoms with van der Waals surface area (Å²) in [5, 5.41) is 2.51. The van der Waals surface area contributed by atoms with E-state index in [1.165, 1.54) is 24.1 Å². The number of benzene rings is 2. The maximum absolute atomic E-state index is 12.1. The number of nitrogens with one attached hydrogen (secondary N) is 1. The number of ether oxygens (including phenoxy) is 2. The lowest BCUT2D eigenvalue weighted by atomic mass is 10.2. The van der Waals surface area contributed by atoms with Crippen molar-refractivity contribution in [2.24, 2.45) is 0 Å². The van der Waals surface area contributed by atoms with Gasteiger partial charge in [0.25, 0.3) is 0 Å². The number of likely N-dealkylation sites (N-methyl/N-ethyl adjacent to an activating group) is 1. The maximum Gasteiger partial charge on any atom is 0.573 e. The summed E-state index contributed by atoms with van der Waals surface area (Å²) in [6.07, 6.45) is -4.06. The molecular formula is C20H21F3N2O4. The maximum atomic E-state index is 12.1. The zero-order valence-corrected chi connectivity index (χ0v) is 15.7. The summed E-state index contributed by atoms with van der Waals surface area (Å²) in [6, 6.07) is 14.0. The Morgan fingerprint density at radius 2 is 1.66 bits per heavy atom. The van der Waals surface area contributed by atoms with Gasteiger partial charge in [0.05, 0.1) is 13.2 Å². The highest BCUT2D eigenvalue weighted by Crippen LogP contribution is 2.23. The molecule has 2 aromatic rings. The van der Waals surface area contributed by atoms with Crippen molar-refractivity contribution in [3.8, 4) is 11.5 Å². The summed E-state index contributed by atoms with van der Waals surface area (Å²) >= 11 is 0. The third-order valence-electron chi connectivity index (χ3n) is 3.73. The van der Waals surface area contributed by atoms with Crippen LogP contribution < -0.4 is 14.8 Å². The largest absolute Gasteiger partial charge is 0.573 e. The van der Waals surface area contributed by atoms with Crippen LogP contribution >= 0.6 is 0 Å². The van der Waals surface area contributed by atoms with Crippen LogP contribution in [0.25, 0.3) is 0 Å². The molecular weight excluding hydrogens is 389 g/mol. The van der Waals surface area contributed by atoms with Crippen LogP contribution in [0, 0.1) is 0 Å². The van der Waals surface area contributed by atoms with Crippen molar-refractivity contribution in [3.05, 3.63) is 54.6 Å². The molecule has 0 aliphatic heterocycles. The van der Waals surface area contributed by atoms with Crippen LogP contribution in [-0.4, -0.2) is 43.3 Å². The first-order valence-electron chi connectivity index (χ1n) is 8.80. The number of alkyl halides is 3. The van der Waals surface area contributed by atoms with E-state index >= 15 is 0 Å². The van der Waals surface area contributed by atoms with E-state index in [4.69, 9.17) is 4.74 Å². The van der Waals surface area contributed by atoms with Gasteiger partial charge in [-0.2, -0.15) is 0 Å². The second-order valence-corrected chi connectivity index (χ2v) is 6.14. The van der Waals surface area contributed by atoms with Crippen molar-refractivity contribution in [3.63, 3.8) is 0 Å². The molecule has 0 saturated heterocycles. The van der Waals surface area contributed by atoms with Crippen molar-refractivity contribution in [1.29, 1.82) is 0 Å². The van der Waals surface area contributed by atoms with E-state index in [2.05, 4.69) is 10.1 Å². The van der Waals surface area contributed by atoms with Gasteiger partial charge in [0.1, 0.15) is 11.5 Å². The quantitative estimate of drug-likeness (QED) is 0.638. The number of hydrogen-bond donors (Lipinski definition) is 1. The van der Waals surface area contributed by atoms with Crippen molar-refractivity contribution in [2.45, 2.75) is 19.2 Å². The van der Waals surface area contributed by atoms with E-state index < -0.39 is 12.3 Å². The highest BCUT2D eigenvalue weighted by molar-refractivity contribution is 5.94. The van der Waals surface area contributed by atoms with Crippen molar-refractivity contribution >= 4 is 17.5 Å². The Hall–Kier alpha value is -3.23. The SMILES string of the molecule is CN(CC(=O)Nc1ccc(OC(F)(F)F)cc1)C(=O)CCCOc1ccccc1. The monoisotopic (exact) mass is 410 g/mol. The molecule has 0 spiro atoms. The van der Waals surface area contributed by atoms with Gasteiger partial charge < -0.3 is 19.7 Å². The summed E-state index contributed by atoms with van der Waals surface area (Å²) in [7, 11) is 1.50. The van der Waals surface area contributed by atoms with Gasteiger partial charge in [0.2, 0.25) is 11.8 Å². The number of rotatable bonds is 9. The molecule has 0 fully saturated rings. The Balaban J connectivity index is 1.70. The third kappa shape index (κ3) is 8.54. The molecule has 6 nitrogen and oxygen atoms in total. The summed E-state index contributed by atoms with van der Waals surface area (Å²) in [5.74, 6) is -0.350. The Kier molecular flexibility index (Phi) is 7.88. The molecule has 0 saturated carbocycles. The minimum absolute atomic E-state index is 0.181. The summed E-state index contributed by atoms with van der Waals surface area (Å²) in [5.41, 5.74) is 0.293. The van der Waals surface area contributed by atoms with Crippen molar-refractivity contribution in [1.82, 2.24) is 4.90 Å². The molecule has 2 aromatic carbocycles. The van der Waals surface area contributed by atoms with E-state index in [1.807, 2.05) is 30.3 Å². The molecule has 0 heterocycles. The molecule has 0 unspecified atom stereocenters. The molecule has 2 rings (SSSR count). The third-order valence-corrected chi connectivity index (χ3v) is 3.73. The Morgan fingerprint density at radius 3 is 2.28 bits per heavy atom. The van der Waals surface area contributed by atoms with E-state index in [-0.39, 0.29) is 24.6 Å². The minimum atomic E-state index is -4.78. The molecule has 0 aliphatic carbocycles. The summed E-state index contributed by atoms with van der Waals surface area (Å²) in [4.78, 5) is 25.4. The number of nitrogens with zero attached hydrogens (tertiary/aromatic N) is 1. The topological polar surface area (TPSA) is 67.9 Å². The first-order valence-corrected chi connectivity index (χ1v) is 8.80. The summed E-state index contributed by atoms with van der Waals surface area (Å²) < 4.78 is 45.7. The van der Waals surface area contributed by atoms with Gasteiger partial charge in [-0.1, -0.05) is 18.2 Å². The van der Waals surface area contributed by atoms with Crippen LogP contribution in [0.2, 0.25) is 0 Å². The molecule has 0 aliphatic rings.